The number of hydrogen-bond acceptors (Lipinski definition) is 5. The maximum atomic E-state index is 12.6. The molecule has 0 radical (unpaired) electrons. The second-order valence-corrected chi connectivity index (χ2v) is 9.76. The summed E-state index contributed by atoms with van der Waals surface area (Å²) in [6.07, 6.45) is 2.69. The highest BCUT2D eigenvalue weighted by atomic mass is 35.5. The summed E-state index contributed by atoms with van der Waals surface area (Å²) in [4.78, 5) is 21.2. The van der Waals surface area contributed by atoms with Crippen LogP contribution in [0.3, 0.4) is 0 Å². The van der Waals surface area contributed by atoms with Gasteiger partial charge in [-0.3, -0.25) is 4.79 Å². The molecular weight excluding hydrogens is 436 g/mol. The number of aryl methyl sites for hydroxylation is 1. The van der Waals surface area contributed by atoms with Crippen LogP contribution in [0, 0.1) is 0 Å². The second-order valence-electron chi connectivity index (χ2n) is 7.41. The Morgan fingerprint density at radius 2 is 1.71 bits per heavy atom. The summed E-state index contributed by atoms with van der Waals surface area (Å²) >= 11 is 6.22. The Labute approximate surface area is 189 Å². The quantitative estimate of drug-likeness (QED) is 0.600. The van der Waals surface area contributed by atoms with Crippen molar-refractivity contribution in [1.29, 1.82) is 0 Å². The largest absolute Gasteiger partial charge is 0.352 e. The first kappa shape index (κ1) is 23.5. The van der Waals surface area contributed by atoms with Crippen molar-refractivity contribution in [2.45, 2.75) is 31.6 Å². The standard InChI is InChI=1S/C22H29ClN4O3S/c1-3-27(4-2)31(29,30)19-10-7-18(8-11-19)9-12-21(28)25-14-16-26(17-15-25)22-20(23)6-5-13-24-22/h5-8,10-11,13H,3-4,9,12,14-17H2,1-2H3. The zero-order valence-electron chi connectivity index (χ0n) is 18.0. The van der Waals surface area contributed by atoms with Gasteiger partial charge < -0.3 is 9.80 Å². The summed E-state index contributed by atoms with van der Waals surface area (Å²) in [5.41, 5.74) is 0.950. The molecule has 9 heteroatoms. The number of hydrogen-bond donors (Lipinski definition) is 0. The molecule has 1 amide bonds. The van der Waals surface area contributed by atoms with Gasteiger partial charge in [-0.15, -0.1) is 0 Å². The monoisotopic (exact) mass is 464 g/mol. The molecule has 1 aromatic heterocycles. The molecule has 2 aromatic rings. The van der Waals surface area contributed by atoms with Crippen LogP contribution < -0.4 is 4.90 Å². The van der Waals surface area contributed by atoms with Crippen molar-refractivity contribution in [2.24, 2.45) is 0 Å². The summed E-state index contributed by atoms with van der Waals surface area (Å²) < 4.78 is 26.6. The molecule has 7 nitrogen and oxygen atoms in total. The Kier molecular flexibility index (Phi) is 7.91. The van der Waals surface area contributed by atoms with Gasteiger partial charge in [-0.25, -0.2) is 13.4 Å². The molecule has 0 spiro atoms. The van der Waals surface area contributed by atoms with E-state index in [1.54, 1.807) is 36.5 Å². The van der Waals surface area contributed by atoms with Gasteiger partial charge in [0.15, 0.2) is 0 Å². The van der Waals surface area contributed by atoms with E-state index in [0.717, 1.165) is 11.4 Å². The number of piperazine rings is 1. The van der Waals surface area contributed by atoms with Gasteiger partial charge in [-0.2, -0.15) is 4.31 Å². The Morgan fingerprint density at radius 1 is 1.06 bits per heavy atom. The molecule has 31 heavy (non-hydrogen) atoms. The molecule has 1 saturated heterocycles. The van der Waals surface area contributed by atoms with Gasteiger partial charge in [-0.05, 0) is 36.2 Å². The van der Waals surface area contributed by atoms with Crippen molar-refractivity contribution in [3.8, 4) is 0 Å². The molecule has 1 fully saturated rings. The molecule has 0 N–H and O–H groups in total. The van der Waals surface area contributed by atoms with Crippen LogP contribution in [0.2, 0.25) is 5.02 Å². The van der Waals surface area contributed by atoms with Gasteiger partial charge in [0.25, 0.3) is 0 Å². The van der Waals surface area contributed by atoms with Crippen LogP contribution in [0.25, 0.3) is 0 Å². The third-order valence-electron chi connectivity index (χ3n) is 5.57. The zero-order valence-corrected chi connectivity index (χ0v) is 19.6. The van der Waals surface area contributed by atoms with Crippen molar-refractivity contribution in [1.82, 2.24) is 14.2 Å². The molecule has 0 bridgehead atoms. The molecule has 3 rings (SSSR count). The van der Waals surface area contributed by atoms with E-state index < -0.39 is 10.0 Å². The third-order valence-corrected chi connectivity index (χ3v) is 7.92. The first-order valence-corrected chi connectivity index (χ1v) is 12.4. The third kappa shape index (κ3) is 5.56. The molecule has 0 saturated carbocycles. The van der Waals surface area contributed by atoms with E-state index in [4.69, 9.17) is 11.6 Å². The minimum Gasteiger partial charge on any atom is -0.352 e. The number of anilines is 1. The first-order chi connectivity index (χ1) is 14.9. The molecule has 0 atom stereocenters. The van der Waals surface area contributed by atoms with Crippen LogP contribution in [0.1, 0.15) is 25.8 Å². The Morgan fingerprint density at radius 3 is 2.29 bits per heavy atom. The highest BCUT2D eigenvalue weighted by molar-refractivity contribution is 7.89. The summed E-state index contributed by atoms with van der Waals surface area (Å²) in [5, 5.41) is 0.619. The van der Waals surface area contributed by atoms with Crippen LogP contribution in [0.15, 0.2) is 47.5 Å². The Bertz CT molecular complexity index is 986. The predicted octanol–water partition coefficient (Wildman–Crippen LogP) is 3.05. The number of amides is 1. The van der Waals surface area contributed by atoms with E-state index in [1.165, 1.54) is 4.31 Å². The molecule has 2 heterocycles. The number of benzene rings is 1. The number of nitrogens with zero attached hydrogens (tertiary/aromatic N) is 4. The van der Waals surface area contributed by atoms with E-state index in [1.807, 2.05) is 24.8 Å². The number of carbonyl (C=O) groups is 1. The fraction of sp³-hybridized carbons (Fsp3) is 0.455. The lowest BCUT2D eigenvalue weighted by molar-refractivity contribution is -0.131. The van der Waals surface area contributed by atoms with Crippen LogP contribution in [0.4, 0.5) is 5.82 Å². The highest BCUT2D eigenvalue weighted by Crippen LogP contribution is 2.23. The lowest BCUT2D eigenvalue weighted by Crippen LogP contribution is -2.49. The van der Waals surface area contributed by atoms with Gasteiger partial charge in [0, 0.05) is 51.9 Å². The number of halogens is 1. The van der Waals surface area contributed by atoms with Gasteiger partial charge in [0.05, 0.1) is 9.92 Å². The van der Waals surface area contributed by atoms with Crippen molar-refractivity contribution < 1.29 is 13.2 Å². The van der Waals surface area contributed by atoms with Crippen molar-refractivity contribution in [2.75, 3.05) is 44.2 Å². The second kappa shape index (κ2) is 10.4. The summed E-state index contributed by atoms with van der Waals surface area (Å²) in [6, 6.07) is 10.5. The van der Waals surface area contributed by atoms with E-state index in [0.29, 0.717) is 57.1 Å². The maximum Gasteiger partial charge on any atom is 0.243 e. The Balaban J connectivity index is 1.52. The van der Waals surface area contributed by atoms with Crippen LogP contribution in [-0.4, -0.2) is 67.8 Å². The molecule has 0 unspecified atom stereocenters. The summed E-state index contributed by atoms with van der Waals surface area (Å²) in [6.45, 7) is 7.18. The van der Waals surface area contributed by atoms with E-state index in [-0.39, 0.29) is 10.8 Å². The van der Waals surface area contributed by atoms with E-state index in [9.17, 15) is 13.2 Å². The maximum absolute atomic E-state index is 12.6. The highest BCUT2D eigenvalue weighted by Gasteiger charge is 2.23. The van der Waals surface area contributed by atoms with Gasteiger partial charge >= 0.3 is 0 Å². The van der Waals surface area contributed by atoms with Crippen molar-refractivity contribution in [3.05, 3.63) is 53.2 Å². The minimum absolute atomic E-state index is 0.103. The van der Waals surface area contributed by atoms with Gasteiger partial charge in [-0.1, -0.05) is 37.6 Å². The van der Waals surface area contributed by atoms with Crippen LogP contribution >= 0.6 is 11.6 Å². The molecular formula is C22H29ClN4O3S. The van der Waals surface area contributed by atoms with Crippen molar-refractivity contribution >= 4 is 33.3 Å². The van der Waals surface area contributed by atoms with Gasteiger partial charge in [0.2, 0.25) is 15.9 Å². The number of sulfonamides is 1. The summed E-state index contributed by atoms with van der Waals surface area (Å²) in [7, 11) is -3.46. The Hall–Kier alpha value is -2.16. The molecule has 1 aromatic carbocycles. The zero-order chi connectivity index (χ0) is 22.4. The molecule has 168 valence electrons. The molecule has 1 aliphatic rings. The number of carbonyl (C=O) groups excluding carboxylic acids is 1. The number of rotatable bonds is 8. The molecule has 1 aliphatic heterocycles. The summed E-state index contributed by atoms with van der Waals surface area (Å²) in [5.74, 6) is 0.864. The minimum atomic E-state index is -3.46. The lowest BCUT2D eigenvalue weighted by Gasteiger charge is -2.35. The topological polar surface area (TPSA) is 73.8 Å². The number of aromatic nitrogens is 1. The first-order valence-electron chi connectivity index (χ1n) is 10.6. The fourth-order valence-corrected chi connectivity index (χ4v) is 5.43. The van der Waals surface area contributed by atoms with E-state index >= 15 is 0 Å². The van der Waals surface area contributed by atoms with E-state index in [2.05, 4.69) is 9.88 Å². The van der Waals surface area contributed by atoms with Crippen LogP contribution in [0.5, 0.6) is 0 Å². The average molecular weight is 465 g/mol. The predicted molar refractivity (Wildman–Crippen MR) is 123 cm³/mol. The lowest BCUT2D eigenvalue weighted by atomic mass is 10.1. The van der Waals surface area contributed by atoms with Gasteiger partial charge in [0.1, 0.15) is 5.82 Å². The molecule has 0 aliphatic carbocycles. The number of pyridine rings is 1. The van der Waals surface area contributed by atoms with Crippen LogP contribution in [-0.2, 0) is 21.2 Å². The average Bonchev–Trinajstić information content (AvgIpc) is 2.79. The SMILES string of the molecule is CCN(CC)S(=O)(=O)c1ccc(CCC(=O)N2CCN(c3ncccc3Cl)CC2)cc1. The fourth-order valence-electron chi connectivity index (χ4n) is 3.73. The van der Waals surface area contributed by atoms with Crippen molar-refractivity contribution in [3.63, 3.8) is 0 Å². The normalized spacial score (nSPS) is 14.8. The smallest absolute Gasteiger partial charge is 0.243 e.